The van der Waals surface area contributed by atoms with Crippen LogP contribution in [0.1, 0.15) is 46.2 Å². The molecular weight excluding hydrogens is 366 g/mol. The molecule has 0 saturated carbocycles. The van der Waals surface area contributed by atoms with Gasteiger partial charge in [-0.15, -0.1) is 0 Å². The van der Waals surface area contributed by atoms with Crippen molar-refractivity contribution in [3.05, 3.63) is 30.1 Å². The highest BCUT2D eigenvalue weighted by atomic mass is 16.4. The summed E-state index contributed by atoms with van der Waals surface area (Å²) in [5.41, 5.74) is -0.763. The van der Waals surface area contributed by atoms with Crippen molar-refractivity contribution < 1.29 is 30.8 Å². The zero-order valence-corrected chi connectivity index (χ0v) is 16.4. The highest BCUT2D eigenvalue weighted by Crippen LogP contribution is 2.21. The quantitative estimate of drug-likeness (QED) is 0.462. The van der Waals surface area contributed by atoms with Crippen molar-refractivity contribution >= 4 is 23.8 Å². The number of hydrogen-bond acceptors (Lipinski definition) is 5. The SMILES string of the molecule is [2H]N(C(=O)C(C)(C)c1ccccn1)[C@H](C(=O)N[C@@H](CCC(=O)O)C(=O)O)C(C)C. The summed E-state index contributed by atoms with van der Waals surface area (Å²) in [4.78, 5) is 51.9. The van der Waals surface area contributed by atoms with E-state index in [1.807, 2.05) is 0 Å². The van der Waals surface area contributed by atoms with E-state index in [0.717, 1.165) is 0 Å². The van der Waals surface area contributed by atoms with E-state index in [1.54, 1.807) is 45.9 Å². The Morgan fingerprint density at radius 1 is 1.21 bits per heavy atom. The number of amides is 2. The molecule has 0 aliphatic carbocycles. The Balaban J connectivity index is 3.05. The normalized spacial score (nSPS) is 14.0. The first-order valence-electron chi connectivity index (χ1n) is 9.33. The molecule has 2 atom stereocenters. The second-order valence-corrected chi connectivity index (χ2v) is 7.29. The maximum atomic E-state index is 13.0. The summed E-state index contributed by atoms with van der Waals surface area (Å²) in [6.45, 7) is 6.42. The molecule has 9 nitrogen and oxygen atoms in total. The lowest BCUT2D eigenvalue weighted by molar-refractivity contribution is -0.143. The first-order valence-corrected chi connectivity index (χ1v) is 8.88. The topological polar surface area (TPSA) is 146 Å². The lowest BCUT2D eigenvalue weighted by Gasteiger charge is -2.29. The van der Waals surface area contributed by atoms with Crippen molar-refractivity contribution in [2.45, 2.75) is 58.0 Å². The minimum Gasteiger partial charge on any atom is -0.481 e. The summed E-state index contributed by atoms with van der Waals surface area (Å²) in [5.74, 6) is -4.59. The lowest BCUT2D eigenvalue weighted by Crippen LogP contribution is -2.56. The lowest BCUT2D eigenvalue weighted by atomic mass is 9.86. The fourth-order valence-corrected chi connectivity index (χ4v) is 2.42. The smallest absolute Gasteiger partial charge is 0.326 e. The molecule has 9 heteroatoms. The molecule has 4 N–H and O–H groups in total. The number of hydrogen-bond donors (Lipinski definition) is 4. The largest absolute Gasteiger partial charge is 0.481 e. The van der Waals surface area contributed by atoms with Gasteiger partial charge in [0.05, 0.1) is 11.1 Å². The number of pyridine rings is 1. The molecule has 0 spiro atoms. The van der Waals surface area contributed by atoms with Crippen LogP contribution in [0.15, 0.2) is 24.4 Å². The van der Waals surface area contributed by atoms with Crippen LogP contribution < -0.4 is 10.6 Å². The molecule has 28 heavy (non-hydrogen) atoms. The predicted molar refractivity (Wildman–Crippen MR) is 100 cm³/mol. The van der Waals surface area contributed by atoms with Crippen molar-refractivity contribution in [3.8, 4) is 0 Å². The fourth-order valence-electron chi connectivity index (χ4n) is 2.42. The first kappa shape index (κ1) is 21.3. The zero-order valence-electron chi connectivity index (χ0n) is 17.4. The van der Waals surface area contributed by atoms with Crippen LogP contribution in [0.2, 0.25) is 1.41 Å². The summed E-state index contributed by atoms with van der Waals surface area (Å²) < 4.78 is 8.28. The van der Waals surface area contributed by atoms with Crippen LogP contribution in [0, 0.1) is 5.92 Å². The molecule has 1 heterocycles. The van der Waals surface area contributed by atoms with Gasteiger partial charge >= 0.3 is 11.9 Å². The van der Waals surface area contributed by atoms with Crippen molar-refractivity contribution in [2.75, 3.05) is 0 Å². The number of aromatic nitrogens is 1. The third-order valence-corrected chi connectivity index (χ3v) is 4.26. The Kier molecular flexibility index (Phi) is 7.48. The molecule has 0 aliphatic heterocycles. The Hall–Kier alpha value is -2.97. The number of aliphatic carboxylic acids is 2. The van der Waals surface area contributed by atoms with E-state index in [-0.39, 0.29) is 6.42 Å². The molecule has 0 saturated heterocycles. The van der Waals surface area contributed by atoms with Crippen LogP contribution in [0.5, 0.6) is 0 Å². The minimum absolute atomic E-state index is 0.313. The highest BCUT2D eigenvalue weighted by Gasteiger charge is 2.36. The van der Waals surface area contributed by atoms with Gasteiger partial charge in [0.1, 0.15) is 12.1 Å². The van der Waals surface area contributed by atoms with Gasteiger partial charge in [-0.3, -0.25) is 19.4 Å². The Morgan fingerprint density at radius 3 is 2.32 bits per heavy atom. The van der Waals surface area contributed by atoms with Gasteiger partial charge in [-0.25, -0.2) is 4.79 Å². The van der Waals surface area contributed by atoms with Gasteiger partial charge in [-0.2, -0.15) is 0 Å². The van der Waals surface area contributed by atoms with Crippen LogP contribution in [-0.2, 0) is 24.6 Å². The van der Waals surface area contributed by atoms with Gasteiger partial charge in [0.25, 0.3) is 0 Å². The van der Waals surface area contributed by atoms with Gasteiger partial charge in [0, 0.05) is 12.6 Å². The van der Waals surface area contributed by atoms with E-state index in [9.17, 15) is 24.3 Å². The van der Waals surface area contributed by atoms with E-state index in [0.29, 0.717) is 11.0 Å². The van der Waals surface area contributed by atoms with Gasteiger partial charge < -0.3 is 20.8 Å². The third-order valence-electron chi connectivity index (χ3n) is 4.26. The van der Waals surface area contributed by atoms with Crippen LogP contribution in [0.25, 0.3) is 0 Å². The summed E-state index contributed by atoms with van der Waals surface area (Å²) in [6, 6.07) is 2.33. The van der Waals surface area contributed by atoms with Gasteiger partial charge in [-0.05, 0) is 38.3 Å². The molecule has 154 valence electrons. The average molecular weight is 394 g/mol. The van der Waals surface area contributed by atoms with E-state index >= 15 is 0 Å². The Labute approximate surface area is 165 Å². The summed E-state index contributed by atoms with van der Waals surface area (Å²) in [6.07, 6.45) is 0.762. The molecule has 1 aromatic heterocycles. The minimum atomic E-state index is -1.44. The third kappa shape index (κ3) is 6.33. The van der Waals surface area contributed by atoms with Crippen LogP contribution >= 0.6 is 0 Å². The van der Waals surface area contributed by atoms with E-state index < -0.39 is 53.6 Å². The standard InChI is InChI=1S/C19H27N3O6/c1-11(2)15(16(25)21-12(17(26)27)8-9-14(23)24)22-18(28)19(3,4)13-7-5-6-10-20-13/h5-7,10-12,15H,8-9H2,1-4H3,(H,21,25)(H,22,28)(H,23,24)(H,26,27)/t12-,15-/m0/s1/i/hD. The maximum absolute atomic E-state index is 13.0. The molecule has 0 aliphatic rings. The maximum Gasteiger partial charge on any atom is 0.326 e. The monoisotopic (exact) mass is 394 g/mol. The molecule has 0 unspecified atom stereocenters. The Morgan fingerprint density at radius 2 is 1.86 bits per heavy atom. The Bertz CT molecular complexity index is 754. The van der Waals surface area contributed by atoms with Crippen molar-refractivity contribution in [1.82, 2.24) is 15.6 Å². The molecule has 0 bridgehead atoms. The number of nitrogens with zero attached hydrogens (tertiary/aromatic N) is 1. The van der Waals surface area contributed by atoms with Crippen molar-refractivity contribution in [2.24, 2.45) is 5.92 Å². The number of nitrogens with one attached hydrogen (secondary N) is 2. The van der Waals surface area contributed by atoms with Gasteiger partial charge in [0.15, 0.2) is 1.41 Å². The second kappa shape index (κ2) is 9.82. The summed E-state index contributed by atoms with van der Waals surface area (Å²) in [7, 11) is 0. The molecule has 0 fully saturated rings. The van der Waals surface area contributed by atoms with E-state index in [4.69, 9.17) is 6.52 Å². The number of carboxylic acids is 2. The molecular formula is C19H27N3O6. The van der Waals surface area contributed by atoms with E-state index in [1.165, 1.54) is 6.20 Å². The highest BCUT2D eigenvalue weighted by molar-refractivity contribution is 5.93. The number of rotatable bonds is 10. The fraction of sp³-hybridized carbons (Fsp3) is 0.526. The summed E-state index contributed by atoms with van der Waals surface area (Å²) in [5, 5.41) is 20.8. The number of carbonyl (C=O) groups excluding carboxylic acids is 2. The van der Waals surface area contributed by atoms with Gasteiger partial charge in [0.2, 0.25) is 11.8 Å². The predicted octanol–water partition coefficient (Wildman–Crippen LogP) is 0.934. The van der Waals surface area contributed by atoms with Crippen molar-refractivity contribution in [1.29, 1.82) is 0 Å². The molecule has 1 aromatic rings. The molecule has 0 radical (unpaired) electrons. The first-order chi connectivity index (χ1) is 13.4. The number of carbonyl (C=O) groups is 4. The molecule has 2 amide bonds. The van der Waals surface area contributed by atoms with E-state index in [2.05, 4.69) is 10.3 Å². The molecule has 1 rings (SSSR count). The van der Waals surface area contributed by atoms with Crippen LogP contribution in [0.3, 0.4) is 0 Å². The van der Waals surface area contributed by atoms with Crippen LogP contribution in [-0.4, -0.2) is 51.0 Å². The van der Waals surface area contributed by atoms with Crippen LogP contribution in [0.4, 0.5) is 0 Å². The zero-order chi connectivity index (χ0) is 22.4. The van der Waals surface area contributed by atoms with Gasteiger partial charge in [-0.1, -0.05) is 19.9 Å². The molecule has 0 aromatic carbocycles. The average Bonchev–Trinajstić information content (AvgIpc) is 2.64. The van der Waals surface area contributed by atoms with Crippen molar-refractivity contribution in [3.63, 3.8) is 0 Å². The summed E-state index contributed by atoms with van der Waals surface area (Å²) >= 11 is 0. The number of carboxylic acid groups (broad SMARTS) is 2. The second-order valence-electron chi connectivity index (χ2n) is 7.29.